The molecule has 1 amide bonds. The number of benzene rings is 1. The number of nitrogens with one attached hydrogen (secondary N) is 1. The van der Waals surface area contributed by atoms with Crippen LogP contribution in [-0.4, -0.2) is 18.0 Å². The number of nitrogens with two attached hydrogens (primary N) is 1. The molecule has 0 heterocycles. The van der Waals surface area contributed by atoms with E-state index in [1.54, 1.807) is 0 Å². The van der Waals surface area contributed by atoms with Crippen LogP contribution in [0, 0.1) is 11.6 Å². The van der Waals surface area contributed by atoms with E-state index >= 15 is 0 Å². The van der Waals surface area contributed by atoms with Gasteiger partial charge in [-0.3, -0.25) is 4.79 Å². The van der Waals surface area contributed by atoms with Crippen LogP contribution in [0.15, 0.2) is 18.2 Å². The predicted octanol–water partition coefficient (Wildman–Crippen LogP) is 2.63. The van der Waals surface area contributed by atoms with E-state index in [1.165, 1.54) is 12.1 Å². The second kappa shape index (κ2) is 7.40. The van der Waals surface area contributed by atoms with Crippen molar-refractivity contribution in [2.75, 3.05) is 6.54 Å². The highest BCUT2D eigenvalue weighted by Gasteiger charge is 2.28. The summed E-state index contributed by atoms with van der Waals surface area (Å²) in [6.07, 6.45) is 1.26. The van der Waals surface area contributed by atoms with Gasteiger partial charge in [0.05, 0.1) is 11.1 Å². The summed E-state index contributed by atoms with van der Waals surface area (Å²) in [7, 11) is 0. The molecule has 6 heteroatoms. The molecule has 19 heavy (non-hydrogen) atoms. The second-order valence-corrected chi connectivity index (χ2v) is 4.25. The first-order valence-corrected chi connectivity index (χ1v) is 5.96. The smallest absolute Gasteiger partial charge is 0.254 e. The highest BCUT2D eigenvalue weighted by Crippen LogP contribution is 2.16. The van der Waals surface area contributed by atoms with Crippen molar-refractivity contribution in [2.24, 2.45) is 5.73 Å². The van der Waals surface area contributed by atoms with E-state index in [1.807, 2.05) is 13.8 Å². The molecule has 0 atom stereocenters. The molecule has 1 aromatic carbocycles. The molecule has 0 saturated carbocycles. The van der Waals surface area contributed by atoms with Crippen LogP contribution < -0.4 is 11.1 Å². The molecule has 1 rings (SSSR count). The van der Waals surface area contributed by atoms with Gasteiger partial charge in [0, 0.05) is 6.54 Å². The van der Waals surface area contributed by atoms with Crippen molar-refractivity contribution in [3.05, 3.63) is 35.4 Å². The summed E-state index contributed by atoms with van der Waals surface area (Å²) in [4.78, 5) is 11.9. The maximum absolute atomic E-state index is 13.5. The third-order valence-electron chi connectivity index (χ3n) is 3.32. The first-order chi connectivity index (χ1) is 8.49. The molecule has 3 nitrogen and oxygen atoms in total. The summed E-state index contributed by atoms with van der Waals surface area (Å²) in [5, 5.41) is 2.69. The van der Waals surface area contributed by atoms with Gasteiger partial charge in [-0.25, -0.2) is 8.78 Å². The zero-order valence-electron chi connectivity index (χ0n) is 11.0. The number of halogens is 3. The molecule has 0 radical (unpaired) electrons. The molecule has 0 aliphatic rings. The fourth-order valence-corrected chi connectivity index (χ4v) is 1.75. The van der Waals surface area contributed by atoms with E-state index < -0.39 is 23.1 Å². The molecule has 0 unspecified atom stereocenters. The number of hydrogen-bond acceptors (Lipinski definition) is 2. The van der Waals surface area contributed by atoms with Gasteiger partial charge in [0.25, 0.3) is 5.91 Å². The van der Waals surface area contributed by atoms with Crippen LogP contribution >= 0.6 is 12.4 Å². The van der Waals surface area contributed by atoms with E-state index in [0.717, 1.165) is 6.07 Å². The van der Waals surface area contributed by atoms with E-state index in [-0.39, 0.29) is 24.5 Å². The summed E-state index contributed by atoms with van der Waals surface area (Å²) in [5.41, 5.74) is 4.77. The number of carbonyl (C=O) groups excluding carboxylic acids is 1. The summed E-state index contributed by atoms with van der Waals surface area (Å²) < 4.78 is 26.5. The number of amides is 1. The van der Waals surface area contributed by atoms with Gasteiger partial charge in [0.2, 0.25) is 0 Å². The van der Waals surface area contributed by atoms with Crippen LogP contribution in [0.4, 0.5) is 8.78 Å². The van der Waals surface area contributed by atoms with Gasteiger partial charge < -0.3 is 11.1 Å². The lowest BCUT2D eigenvalue weighted by Crippen LogP contribution is -2.53. The lowest BCUT2D eigenvalue weighted by molar-refractivity contribution is 0.0890. The Kier molecular flexibility index (Phi) is 6.94. The highest BCUT2D eigenvalue weighted by molar-refractivity contribution is 5.95. The normalized spacial score (nSPS) is 10.8. The van der Waals surface area contributed by atoms with Crippen molar-refractivity contribution in [2.45, 2.75) is 32.2 Å². The van der Waals surface area contributed by atoms with Crippen LogP contribution in [0.25, 0.3) is 0 Å². The molecular weight excluding hydrogens is 274 g/mol. The average Bonchev–Trinajstić information content (AvgIpc) is 2.39. The molecule has 0 fully saturated rings. The van der Waals surface area contributed by atoms with Crippen molar-refractivity contribution < 1.29 is 13.6 Å². The third kappa shape index (κ3) is 3.88. The molecule has 0 spiro atoms. The molecule has 0 aromatic heterocycles. The molecule has 0 aliphatic heterocycles. The van der Waals surface area contributed by atoms with Gasteiger partial charge in [-0.2, -0.15) is 0 Å². The van der Waals surface area contributed by atoms with Crippen molar-refractivity contribution in [3.63, 3.8) is 0 Å². The molecule has 3 N–H and O–H groups in total. The summed E-state index contributed by atoms with van der Waals surface area (Å²) in [6.45, 7) is 4.03. The van der Waals surface area contributed by atoms with E-state index in [9.17, 15) is 13.6 Å². The summed E-state index contributed by atoms with van der Waals surface area (Å²) in [5.74, 6) is -2.80. The Bertz CT molecular complexity index is 428. The first-order valence-electron chi connectivity index (χ1n) is 5.96. The Morgan fingerprint density at radius 1 is 1.32 bits per heavy atom. The van der Waals surface area contributed by atoms with Crippen LogP contribution in [0.1, 0.15) is 37.0 Å². The minimum Gasteiger partial charge on any atom is -0.345 e. The van der Waals surface area contributed by atoms with Gasteiger partial charge in [-0.1, -0.05) is 19.9 Å². The van der Waals surface area contributed by atoms with Crippen LogP contribution in [0.2, 0.25) is 0 Å². The van der Waals surface area contributed by atoms with Crippen molar-refractivity contribution in [1.82, 2.24) is 5.32 Å². The minimum absolute atomic E-state index is 0. The van der Waals surface area contributed by atoms with Gasteiger partial charge in [0.15, 0.2) is 11.6 Å². The molecular formula is C13H19ClF2N2O. The lowest BCUT2D eigenvalue weighted by Gasteiger charge is -2.31. The van der Waals surface area contributed by atoms with E-state index in [4.69, 9.17) is 5.73 Å². The Labute approximate surface area is 118 Å². The molecule has 0 aliphatic carbocycles. The Balaban J connectivity index is 0.00000324. The average molecular weight is 293 g/mol. The van der Waals surface area contributed by atoms with Crippen molar-refractivity contribution >= 4 is 18.3 Å². The Morgan fingerprint density at radius 3 is 2.37 bits per heavy atom. The molecule has 108 valence electrons. The van der Waals surface area contributed by atoms with Gasteiger partial charge in [0.1, 0.15) is 0 Å². The largest absolute Gasteiger partial charge is 0.345 e. The zero-order chi connectivity index (χ0) is 13.8. The number of hydrogen-bond donors (Lipinski definition) is 2. The van der Waals surface area contributed by atoms with Crippen LogP contribution in [-0.2, 0) is 0 Å². The quantitative estimate of drug-likeness (QED) is 0.876. The first kappa shape index (κ1) is 17.8. The van der Waals surface area contributed by atoms with Gasteiger partial charge in [-0.15, -0.1) is 12.4 Å². The Hall–Kier alpha value is -1.20. The van der Waals surface area contributed by atoms with Crippen LogP contribution in [0.5, 0.6) is 0 Å². The zero-order valence-corrected chi connectivity index (χ0v) is 11.8. The maximum atomic E-state index is 13.5. The standard InChI is InChI=1S/C13H18F2N2O.ClH/c1-3-13(4-2,8-16)17-12(18)9-6-5-7-10(14)11(9)15;/h5-7H,3-4,8,16H2,1-2H3,(H,17,18);1H. The predicted molar refractivity (Wildman–Crippen MR) is 73.4 cm³/mol. The SMILES string of the molecule is CCC(CC)(CN)NC(=O)c1cccc(F)c1F.Cl. The minimum atomic E-state index is -1.13. The van der Waals surface area contributed by atoms with Crippen molar-refractivity contribution in [3.8, 4) is 0 Å². The number of carbonyl (C=O) groups is 1. The monoisotopic (exact) mass is 292 g/mol. The maximum Gasteiger partial charge on any atom is 0.254 e. The van der Waals surface area contributed by atoms with Gasteiger partial charge >= 0.3 is 0 Å². The van der Waals surface area contributed by atoms with E-state index in [0.29, 0.717) is 12.8 Å². The molecule has 0 saturated heterocycles. The summed E-state index contributed by atoms with van der Waals surface area (Å²) >= 11 is 0. The van der Waals surface area contributed by atoms with Crippen molar-refractivity contribution in [1.29, 1.82) is 0 Å². The second-order valence-electron chi connectivity index (χ2n) is 4.25. The highest BCUT2D eigenvalue weighted by atomic mass is 35.5. The summed E-state index contributed by atoms with van der Waals surface area (Å²) in [6, 6.07) is 3.53. The van der Waals surface area contributed by atoms with E-state index in [2.05, 4.69) is 5.32 Å². The Morgan fingerprint density at radius 2 is 1.89 bits per heavy atom. The fraction of sp³-hybridized carbons (Fsp3) is 0.462. The fourth-order valence-electron chi connectivity index (χ4n) is 1.75. The lowest BCUT2D eigenvalue weighted by atomic mass is 9.92. The van der Waals surface area contributed by atoms with Gasteiger partial charge in [-0.05, 0) is 25.0 Å². The number of rotatable bonds is 5. The third-order valence-corrected chi connectivity index (χ3v) is 3.32. The molecule has 0 bridgehead atoms. The van der Waals surface area contributed by atoms with Crippen LogP contribution in [0.3, 0.4) is 0 Å². The topological polar surface area (TPSA) is 55.1 Å². The molecule has 1 aromatic rings.